The minimum atomic E-state index is -0.567. The monoisotopic (exact) mass is 184 g/mol. The van der Waals surface area contributed by atoms with Gasteiger partial charge < -0.3 is 14.2 Å². The van der Waals surface area contributed by atoms with E-state index in [2.05, 4.69) is 4.74 Å². The Labute approximate surface area is 76.5 Å². The molecular formula is C9H12O4. The van der Waals surface area contributed by atoms with Gasteiger partial charge in [0.2, 0.25) is 0 Å². The number of hydrogen-bond acceptors (Lipinski definition) is 4. The summed E-state index contributed by atoms with van der Waals surface area (Å²) in [6.45, 7) is 0.718. The van der Waals surface area contributed by atoms with Crippen LogP contribution in [0.3, 0.4) is 0 Å². The molecule has 2 aliphatic heterocycles. The molecule has 2 atom stereocenters. The van der Waals surface area contributed by atoms with Gasteiger partial charge in [-0.15, -0.1) is 0 Å². The Kier molecular flexibility index (Phi) is 2.61. The second-order valence-corrected chi connectivity index (χ2v) is 3.12. The largest absolute Gasteiger partial charge is 0.433 e. The minimum Gasteiger partial charge on any atom is -0.433 e. The van der Waals surface area contributed by atoms with E-state index in [4.69, 9.17) is 9.47 Å². The van der Waals surface area contributed by atoms with Crippen LogP contribution in [0.25, 0.3) is 0 Å². The Balaban J connectivity index is 1.82. The molecule has 2 aliphatic rings. The highest BCUT2D eigenvalue weighted by atomic mass is 16.7. The summed E-state index contributed by atoms with van der Waals surface area (Å²) in [6, 6.07) is 0. The van der Waals surface area contributed by atoms with E-state index in [1.165, 1.54) is 6.26 Å². The normalized spacial score (nSPS) is 33.4. The van der Waals surface area contributed by atoms with Crippen molar-refractivity contribution in [3.05, 3.63) is 12.3 Å². The van der Waals surface area contributed by atoms with Crippen molar-refractivity contribution in [2.45, 2.75) is 31.7 Å². The minimum absolute atomic E-state index is 0.242. The molecule has 2 rings (SSSR count). The lowest BCUT2D eigenvalue weighted by molar-refractivity contribution is -0.189. The Hall–Kier alpha value is -0.870. The third-order valence-corrected chi connectivity index (χ3v) is 2.11. The second kappa shape index (κ2) is 3.89. The van der Waals surface area contributed by atoms with Crippen molar-refractivity contribution in [1.82, 2.24) is 0 Å². The molecule has 4 heteroatoms. The van der Waals surface area contributed by atoms with Gasteiger partial charge in [0.15, 0.2) is 12.4 Å². The summed E-state index contributed by atoms with van der Waals surface area (Å²) in [4.78, 5) is 11.0. The van der Waals surface area contributed by atoms with E-state index in [0.717, 1.165) is 25.9 Å². The zero-order valence-electron chi connectivity index (χ0n) is 7.27. The van der Waals surface area contributed by atoms with Gasteiger partial charge in [0.05, 0.1) is 6.26 Å². The van der Waals surface area contributed by atoms with E-state index in [0.29, 0.717) is 0 Å². The summed E-state index contributed by atoms with van der Waals surface area (Å²) >= 11 is 0. The van der Waals surface area contributed by atoms with Crippen molar-refractivity contribution in [2.24, 2.45) is 0 Å². The van der Waals surface area contributed by atoms with Gasteiger partial charge in [0.25, 0.3) is 0 Å². The average Bonchev–Trinajstić information content (AvgIpc) is 2.54. The van der Waals surface area contributed by atoms with Crippen LogP contribution in [0, 0.1) is 0 Å². The van der Waals surface area contributed by atoms with Gasteiger partial charge in [-0.2, -0.15) is 0 Å². The molecule has 0 aromatic heterocycles. The molecule has 1 fully saturated rings. The fourth-order valence-electron chi connectivity index (χ4n) is 1.41. The highest BCUT2D eigenvalue weighted by molar-refractivity contribution is 5.79. The molecule has 0 bridgehead atoms. The molecule has 0 N–H and O–H groups in total. The van der Waals surface area contributed by atoms with E-state index in [1.54, 1.807) is 6.08 Å². The Morgan fingerprint density at radius 2 is 2.38 bits per heavy atom. The molecule has 0 spiro atoms. The van der Waals surface area contributed by atoms with Crippen molar-refractivity contribution >= 4 is 5.97 Å². The molecule has 72 valence electrons. The van der Waals surface area contributed by atoms with Gasteiger partial charge in [-0.05, 0) is 25.3 Å². The van der Waals surface area contributed by atoms with Crippen LogP contribution in [0.1, 0.15) is 19.3 Å². The SMILES string of the molecule is O=C1OC=C[C@@H]1O[C@@H]1CCCCO1. The van der Waals surface area contributed by atoms with Crippen LogP contribution < -0.4 is 0 Å². The first-order chi connectivity index (χ1) is 6.36. The van der Waals surface area contributed by atoms with Crippen molar-refractivity contribution in [3.63, 3.8) is 0 Å². The van der Waals surface area contributed by atoms with Crippen molar-refractivity contribution in [1.29, 1.82) is 0 Å². The van der Waals surface area contributed by atoms with Crippen LogP contribution in [-0.2, 0) is 19.0 Å². The number of carbonyl (C=O) groups is 1. The lowest BCUT2D eigenvalue weighted by atomic mass is 10.2. The van der Waals surface area contributed by atoms with E-state index >= 15 is 0 Å². The highest BCUT2D eigenvalue weighted by Crippen LogP contribution is 2.18. The summed E-state index contributed by atoms with van der Waals surface area (Å²) in [7, 11) is 0. The summed E-state index contributed by atoms with van der Waals surface area (Å²) in [5, 5.41) is 0. The zero-order chi connectivity index (χ0) is 9.10. The number of rotatable bonds is 2. The van der Waals surface area contributed by atoms with Crippen LogP contribution in [0.5, 0.6) is 0 Å². The van der Waals surface area contributed by atoms with Crippen molar-refractivity contribution in [3.8, 4) is 0 Å². The molecule has 0 aromatic rings. The number of ether oxygens (including phenoxy) is 3. The third kappa shape index (κ3) is 2.08. The van der Waals surface area contributed by atoms with Gasteiger partial charge in [0.1, 0.15) is 0 Å². The predicted octanol–water partition coefficient (Wildman–Crippen LogP) is 0.969. The number of cyclic esters (lactones) is 1. The standard InChI is InChI=1S/C9H12O4/c10-9-7(4-6-12-9)13-8-3-1-2-5-11-8/h4,6-8H,1-3,5H2/t7-,8+/m0/s1. The molecule has 0 aliphatic carbocycles. The Morgan fingerprint density at radius 1 is 1.46 bits per heavy atom. The molecular weight excluding hydrogens is 172 g/mol. The van der Waals surface area contributed by atoms with E-state index in [1.807, 2.05) is 0 Å². The maximum atomic E-state index is 11.0. The van der Waals surface area contributed by atoms with Gasteiger partial charge in [-0.3, -0.25) is 0 Å². The maximum Gasteiger partial charge on any atom is 0.344 e. The average molecular weight is 184 g/mol. The molecule has 0 unspecified atom stereocenters. The van der Waals surface area contributed by atoms with Crippen LogP contribution in [0.4, 0.5) is 0 Å². The smallest absolute Gasteiger partial charge is 0.344 e. The van der Waals surface area contributed by atoms with Crippen LogP contribution in [-0.4, -0.2) is 25.0 Å². The van der Waals surface area contributed by atoms with E-state index < -0.39 is 6.10 Å². The third-order valence-electron chi connectivity index (χ3n) is 2.11. The van der Waals surface area contributed by atoms with Crippen LogP contribution in [0.2, 0.25) is 0 Å². The van der Waals surface area contributed by atoms with E-state index in [9.17, 15) is 4.79 Å². The maximum absolute atomic E-state index is 11.0. The molecule has 0 aromatic carbocycles. The zero-order valence-corrected chi connectivity index (χ0v) is 7.27. The van der Waals surface area contributed by atoms with Crippen LogP contribution >= 0.6 is 0 Å². The molecule has 2 heterocycles. The fourth-order valence-corrected chi connectivity index (χ4v) is 1.41. The number of esters is 1. The fraction of sp³-hybridized carbons (Fsp3) is 0.667. The summed E-state index contributed by atoms with van der Waals surface area (Å²) < 4.78 is 15.3. The molecule has 1 saturated heterocycles. The van der Waals surface area contributed by atoms with Gasteiger partial charge >= 0.3 is 5.97 Å². The van der Waals surface area contributed by atoms with E-state index in [-0.39, 0.29) is 12.3 Å². The second-order valence-electron chi connectivity index (χ2n) is 3.12. The van der Waals surface area contributed by atoms with Crippen molar-refractivity contribution < 1.29 is 19.0 Å². The predicted molar refractivity (Wildman–Crippen MR) is 43.7 cm³/mol. The Bertz CT molecular complexity index is 218. The van der Waals surface area contributed by atoms with Gasteiger partial charge in [-0.25, -0.2) is 4.79 Å². The first-order valence-electron chi connectivity index (χ1n) is 4.50. The van der Waals surface area contributed by atoms with Gasteiger partial charge in [-0.1, -0.05) is 0 Å². The first kappa shape index (κ1) is 8.72. The highest BCUT2D eigenvalue weighted by Gasteiger charge is 2.27. The number of carbonyl (C=O) groups excluding carboxylic acids is 1. The topological polar surface area (TPSA) is 44.8 Å². The summed E-state index contributed by atoms with van der Waals surface area (Å²) in [6.07, 6.45) is 5.17. The first-order valence-corrected chi connectivity index (χ1v) is 4.50. The molecule has 0 amide bonds. The van der Waals surface area contributed by atoms with Crippen molar-refractivity contribution in [2.75, 3.05) is 6.61 Å². The Morgan fingerprint density at radius 3 is 3.00 bits per heavy atom. The lowest BCUT2D eigenvalue weighted by Gasteiger charge is -2.23. The molecule has 4 nitrogen and oxygen atoms in total. The quantitative estimate of drug-likeness (QED) is 0.600. The molecule has 13 heavy (non-hydrogen) atoms. The lowest BCUT2D eigenvalue weighted by Crippen LogP contribution is -2.30. The van der Waals surface area contributed by atoms with Crippen LogP contribution in [0.15, 0.2) is 12.3 Å². The van der Waals surface area contributed by atoms with Gasteiger partial charge in [0, 0.05) is 6.61 Å². The summed E-state index contributed by atoms with van der Waals surface area (Å²) in [5.74, 6) is -0.353. The number of hydrogen-bond donors (Lipinski definition) is 0. The molecule has 0 radical (unpaired) electrons. The summed E-state index contributed by atoms with van der Waals surface area (Å²) in [5.41, 5.74) is 0. The molecule has 0 saturated carbocycles.